The van der Waals surface area contributed by atoms with Crippen LogP contribution in [0.25, 0.3) is 10.9 Å². The molecule has 0 aliphatic rings. The van der Waals surface area contributed by atoms with E-state index in [1.807, 2.05) is 42.9 Å². The highest BCUT2D eigenvalue weighted by molar-refractivity contribution is 7.09. The van der Waals surface area contributed by atoms with Gasteiger partial charge in [-0.15, -0.1) is 11.3 Å². The van der Waals surface area contributed by atoms with Crippen LogP contribution in [0.2, 0.25) is 0 Å². The first-order valence-corrected chi connectivity index (χ1v) is 7.03. The Morgan fingerprint density at radius 3 is 2.89 bits per heavy atom. The van der Waals surface area contributed by atoms with E-state index in [1.165, 1.54) is 11.3 Å². The molecule has 0 aliphatic carbocycles. The zero-order valence-corrected chi connectivity index (χ0v) is 11.7. The number of rotatable bonds is 3. The number of aliphatic hydroxyl groups is 1. The summed E-state index contributed by atoms with van der Waals surface area (Å²) in [5, 5.41) is 15.9. The van der Waals surface area contributed by atoms with Crippen molar-refractivity contribution < 1.29 is 5.11 Å². The summed E-state index contributed by atoms with van der Waals surface area (Å²) in [6.45, 7) is 1.92. The largest absolute Gasteiger partial charge is 0.387 e. The van der Waals surface area contributed by atoms with E-state index >= 15 is 0 Å². The first-order chi connectivity index (χ1) is 9.16. The van der Waals surface area contributed by atoms with Crippen LogP contribution in [0.5, 0.6) is 0 Å². The van der Waals surface area contributed by atoms with E-state index in [4.69, 9.17) is 0 Å². The van der Waals surface area contributed by atoms with E-state index in [9.17, 15) is 5.11 Å². The number of hydrogen-bond donors (Lipinski definition) is 1. The molecule has 3 aromatic rings. The number of para-hydroxylation sites is 1. The van der Waals surface area contributed by atoms with Crippen LogP contribution in [-0.2, 0) is 13.5 Å². The molecule has 1 atom stereocenters. The van der Waals surface area contributed by atoms with Gasteiger partial charge >= 0.3 is 0 Å². The standard InChI is InChI=1S/C14H15N3OS/c1-9-14(19-8-15-9)13(18)7-11-10-5-3-4-6-12(10)17(2)16-11/h3-6,8,13,18H,7H2,1-2H3. The molecular formula is C14H15N3OS. The second-order valence-corrected chi connectivity index (χ2v) is 5.50. The zero-order chi connectivity index (χ0) is 13.4. The lowest BCUT2D eigenvalue weighted by Crippen LogP contribution is -2.03. The molecule has 5 heteroatoms. The minimum atomic E-state index is -0.536. The summed E-state index contributed by atoms with van der Waals surface area (Å²) >= 11 is 1.49. The summed E-state index contributed by atoms with van der Waals surface area (Å²) in [4.78, 5) is 5.11. The zero-order valence-electron chi connectivity index (χ0n) is 10.9. The summed E-state index contributed by atoms with van der Waals surface area (Å²) in [7, 11) is 1.93. The van der Waals surface area contributed by atoms with Crippen LogP contribution >= 0.6 is 11.3 Å². The third kappa shape index (κ3) is 2.15. The highest BCUT2D eigenvalue weighted by atomic mass is 32.1. The molecule has 98 valence electrons. The first-order valence-electron chi connectivity index (χ1n) is 6.15. The lowest BCUT2D eigenvalue weighted by molar-refractivity contribution is 0.180. The molecule has 0 amide bonds. The number of fused-ring (bicyclic) bond motifs is 1. The third-order valence-electron chi connectivity index (χ3n) is 3.31. The number of benzene rings is 1. The van der Waals surface area contributed by atoms with Crippen LogP contribution in [0, 0.1) is 6.92 Å². The van der Waals surface area contributed by atoms with Crippen molar-refractivity contribution in [1.82, 2.24) is 14.8 Å². The summed E-state index contributed by atoms with van der Waals surface area (Å²) in [5.41, 5.74) is 4.69. The summed E-state index contributed by atoms with van der Waals surface area (Å²) < 4.78 is 1.86. The molecule has 2 heterocycles. The number of aromatic nitrogens is 3. The fourth-order valence-corrected chi connectivity index (χ4v) is 3.13. The van der Waals surface area contributed by atoms with Crippen molar-refractivity contribution in [3.63, 3.8) is 0 Å². The Morgan fingerprint density at radius 1 is 1.37 bits per heavy atom. The Hall–Kier alpha value is -1.72. The van der Waals surface area contributed by atoms with Gasteiger partial charge in [0.2, 0.25) is 0 Å². The Labute approximate surface area is 115 Å². The lowest BCUT2D eigenvalue weighted by Gasteiger charge is -2.07. The van der Waals surface area contributed by atoms with Crippen LogP contribution in [0.4, 0.5) is 0 Å². The highest BCUT2D eigenvalue weighted by Crippen LogP contribution is 2.27. The molecule has 0 saturated carbocycles. The maximum absolute atomic E-state index is 10.3. The second-order valence-electron chi connectivity index (χ2n) is 4.61. The first kappa shape index (κ1) is 12.3. The monoisotopic (exact) mass is 273 g/mol. The summed E-state index contributed by atoms with van der Waals surface area (Å²) in [6.07, 6.45) is -0.0180. The molecule has 4 nitrogen and oxygen atoms in total. The van der Waals surface area contributed by atoms with Gasteiger partial charge in [-0.3, -0.25) is 4.68 Å². The SMILES string of the molecule is Cc1ncsc1C(O)Cc1nn(C)c2ccccc12. The lowest BCUT2D eigenvalue weighted by atomic mass is 10.1. The normalized spacial score (nSPS) is 13.0. The predicted octanol–water partition coefficient (Wildman–Crippen LogP) is 2.61. The Bertz CT molecular complexity index is 716. The quantitative estimate of drug-likeness (QED) is 0.798. The fraction of sp³-hybridized carbons (Fsp3) is 0.286. The van der Waals surface area contributed by atoms with Crippen LogP contribution < -0.4 is 0 Å². The van der Waals surface area contributed by atoms with Crippen molar-refractivity contribution in [3.05, 3.63) is 46.0 Å². The minimum absolute atomic E-state index is 0.518. The van der Waals surface area contributed by atoms with Crippen molar-refractivity contribution in [3.8, 4) is 0 Å². The Kier molecular flexibility index (Phi) is 3.08. The van der Waals surface area contributed by atoms with Gasteiger partial charge in [0.05, 0.1) is 33.4 Å². The Morgan fingerprint density at radius 2 is 2.16 bits per heavy atom. The fourth-order valence-electron chi connectivity index (χ4n) is 2.35. The average molecular weight is 273 g/mol. The Balaban J connectivity index is 1.96. The molecule has 1 N–H and O–H groups in total. The van der Waals surface area contributed by atoms with Crippen LogP contribution in [0.15, 0.2) is 29.8 Å². The second kappa shape index (κ2) is 4.75. The molecule has 0 fully saturated rings. The smallest absolute Gasteiger partial charge is 0.0956 e. The molecular weight excluding hydrogens is 258 g/mol. The summed E-state index contributed by atoms with van der Waals surface area (Å²) in [6, 6.07) is 8.08. The topological polar surface area (TPSA) is 50.9 Å². The summed E-state index contributed by atoms with van der Waals surface area (Å²) in [5.74, 6) is 0. The number of thiazole rings is 1. The van der Waals surface area contributed by atoms with Crippen LogP contribution in [0.1, 0.15) is 22.4 Å². The molecule has 3 rings (SSSR count). The molecule has 1 aromatic carbocycles. The van der Waals surface area contributed by atoms with Crippen molar-refractivity contribution in [1.29, 1.82) is 0 Å². The van der Waals surface area contributed by atoms with Gasteiger partial charge in [0.1, 0.15) is 0 Å². The van der Waals surface area contributed by atoms with E-state index < -0.39 is 6.10 Å². The maximum Gasteiger partial charge on any atom is 0.0956 e. The number of nitrogens with zero attached hydrogens (tertiary/aromatic N) is 3. The molecule has 0 bridgehead atoms. The molecule has 0 aliphatic heterocycles. The van der Waals surface area contributed by atoms with Crippen molar-refractivity contribution in [2.24, 2.45) is 7.05 Å². The van der Waals surface area contributed by atoms with Gasteiger partial charge in [0.25, 0.3) is 0 Å². The van der Waals surface area contributed by atoms with Gasteiger partial charge in [0.15, 0.2) is 0 Å². The third-order valence-corrected chi connectivity index (χ3v) is 4.34. The van der Waals surface area contributed by atoms with Crippen LogP contribution in [-0.4, -0.2) is 19.9 Å². The van der Waals surface area contributed by atoms with Crippen molar-refractivity contribution in [2.45, 2.75) is 19.4 Å². The molecule has 19 heavy (non-hydrogen) atoms. The van der Waals surface area contributed by atoms with Gasteiger partial charge in [-0.05, 0) is 13.0 Å². The van der Waals surface area contributed by atoms with Gasteiger partial charge in [-0.1, -0.05) is 18.2 Å². The maximum atomic E-state index is 10.3. The molecule has 0 saturated heterocycles. The van der Waals surface area contributed by atoms with Gasteiger partial charge in [-0.2, -0.15) is 5.10 Å². The van der Waals surface area contributed by atoms with Crippen molar-refractivity contribution in [2.75, 3.05) is 0 Å². The molecule has 0 radical (unpaired) electrons. The van der Waals surface area contributed by atoms with E-state index in [2.05, 4.69) is 10.1 Å². The molecule has 1 unspecified atom stereocenters. The van der Waals surface area contributed by atoms with Crippen molar-refractivity contribution >= 4 is 22.2 Å². The van der Waals surface area contributed by atoms with E-state index in [1.54, 1.807) is 5.51 Å². The van der Waals surface area contributed by atoms with Gasteiger partial charge in [-0.25, -0.2) is 4.98 Å². The van der Waals surface area contributed by atoms with E-state index in [-0.39, 0.29) is 0 Å². The number of aliphatic hydroxyl groups excluding tert-OH is 1. The molecule has 0 spiro atoms. The minimum Gasteiger partial charge on any atom is -0.387 e. The van der Waals surface area contributed by atoms with Crippen LogP contribution in [0.3, 0.4) is 0 Å². The number of aryl methyl sites for hydroxylation is 2. The van der Waals surface area contributed by atoms with E-state index in [0.29, 0.717) is 6.42 Å². The van der Waals surface area contributed by atoms with Gasteiger partial charge < -0.3 is 5.11 Å². The average Bonchev–Trinajstić information content (AvgIpc) is 2.95. The van der Waals surface area contributed by atoms with E-state index in [0.717, 1.165) is 27.2 Å². The predicted molar refractivity (Wildman–Crippen MR) is 76.2 cm³/mol. The highest BCUT2D eigenvalue weighted by Gasteiger charge is 2.17. The number of hydrogen-bond acceptors (Lipinski definition) is 4. The molecule has 2 aromatic heterocycles. The van der Waals surface area contributed by atoms with Gasteiger partial charge in [0, 0.05) is 18.9 Å².